The highest BCUT2D eigenvalue weighted by molar-refractivity contribution is 5.91. The number of nitrogens with zero attached hydrogens (tertiary/aromatic N) is 2. The maximum Gasteiger partial charge on any atom is 0.248 e. The molecule has 0 spiro atoms. The molecule has 22 heavy (non-hydrogen) atoms. The predicted octanol–water partition coefficient (Wildman–Crippen LogP) is 0.520. The van der Waals surface area contributed by atoms with Gasteiger partial charge in [-0.05, 0) is 30.5 Å². The van der Waals surface area contributed by atoms with Crippen LogP contribution in [-0.4, -0.2) is 59.5 Å². The summed E-state index contributed by atoms with van der Waals surface area (Å²) in [6, 6.07) is 6.15. The fourth-order valence-corrected chi connectivity index (χ4v) is 3.08. The molecule has 2 aliphatic rings. The van der Waals surface area contributed by atoms with Crippen LogP contribution in [0.25, 0.3) is 0 Å². The Morgan fingerprint density at radius 2 is 1.59 bits per heavy atom. The van der Waals surface area contributed by atoms with Gasteiger partial charge in [0.2, 0.25) is 11.8 Å². The van der Waals surface area contributed by atoms with Crippen LogP contribution in [0.15, 0.2) is 24.3 Å². The van der Waals surface area contributed by atoms with Gasteiger partial charge in [0.25, 0.3) is 0 Å². The van der Waals surface area contributed by atoms with Crippen molar-refractivity contribution in [3.8, 4) is 0 Å². The highest BCUT2D eigenvalue weighted by Gasteiger charge is 2.53. The summed E-state index contributed by atoms with van der Waals surface area (Å²) < 4.78 is 13.1. The number of aliphatic hydroxyl groups excluding tert-OH is 1. The van der Waals surface area contributed by atoms with E-state index in [-0.39, 0.29) is 17.6 Å². The largest absolute Gasteiger partial charge is 0.387 e. The third-order valence-electron chi connectivity index (χ3n) is 4.61. The number of piperazine rings is 1. The van der Waals surface area contributed by atoms with Crippen molar-refractivity contribution in [2.24, 2.45) is 0 Å². The number of hydrogen-bond donors (Lipinski definition) is 1. The first-order valence-electron chi connectivity index (χ1n) is 7.51. The normalized spacial score (nSPS) is 19.9. The molecule has 0 radical (unpaired) electrons. The summed E-state index contributed by atoms with van der Waals surface area (Å²) >= 11 is 0. The van der Waals surface area contributed by atoms with E-state index in [1.807, 2.05) is 0 Å². The van der Waals surface area contributed by atoms with Crippen LogP contribution in [0.1, 0.15) is 18.4 Å². The summed E-state index contributed by atoms with van der Waals surface area (Å²) in [4.78, 5) is 27.6. The standard InChI is InChI=1S/C16H19FN2O3/c17-13-3-1-12(2-4-13)16(5-6-16)15(22)19-9-7-18(8-10-19)14(21)11-20/h1-4,20H,5-11H2. The Bertz CT molecular complexity index is 576. The molecule has 1 saturated heterocycles. The van der Waals surface area contributed by atoms with Gasteiger partial charge in [0.1, 0.15) is 12.4 Å². The van der Waals surface area contributed by atoms with Gasteiger partial charge in [-0.25, -0.2) is 4.39 Å². The van der Waals surface area contributed by atoms with Gasteiger partial charge in [0.05, 0.1) is 5.41 Å². The first-order valence-corrected chi connectivity index (χ1v) is 7.51. The lowest BCUT2D eigenvalue weighted by Gasteiger charge is -2.36. The Morgan fingerprint density at radius 1 is 1.05 bits per heavy atom. The molecule has 1 aromatic carbocycles. The second-order valence-corrected chi connectivity index (χ2v) is 5.92. The maximum absolute atomic E-state index is 13.1. The zero-order valence-electron chi connectivity index (χ0n) is 12.3. The minimum atomic E-state index is -0.503. The third-order valence-corrected chi connectivity index (χ3v) is 4.61. The summed E-state index contributed by atoms with van der Waals surface area (Å²) in [6.07, 6.45) is 1.57. The van der Waals surface area contributed by atoms with Crippen LogP contribution < -0.4 is 0 Å². The van der Waals surface area contributed by atoms with Crippen molar-refractivity contribution in [1.29, 1.82) is 0 Å². The zero-order chi connectivity index (χ0) is 15.7. The number of amides is 2. The fourth-order valence-electron chi connectivity index (χ4n) is 3.08. The second kappa shape index (κ2) is 5.68. The SMILES string of the molecule is O=C(CO)N1CCN(C(=O)C2(c3ccc(F)cc3)CC2)CC1. The Kier molecular flexibility index (Phi) is 3.87. The van der Waals surface area contributed by atoms with Crippen molar-refractivity contribution in [2.75, 3.05) is 32.8 Å². The van der Waals surface area contributed by atoms with Crippen LogP contribution in [0.4, 0.5) is 4.39 Å². The van der Waals surface area contributed by atoms with Crippen LogP contribution in [0.3, 0.4) is 0 Å². The highest BCUT2D eigenvalue weighted by atomic mass is 19.1. The number of aliphatic hydroxyl groups is 1. The Labute approximate surface area is 128 Å². The molecule has 6 heteroatoms. The molecule has 0 atom stereocenters. The van der Waals surface area contributed by atoms with Gasteiger partial charge >= 0.3 is 0 Å². The van der Waals surface area contributed by atoms with Crippen molar-refractivity contribution in [3.05, 3.63) is 35.6 Å². The van der Waals surface area contributed by atoms with Crippen LogP contribution in [0.5, 0.6) is 0 Å². The molecule has 1 aliphatic heterocycles. The minimum absolute atomic E-state index is 0.0650. The molecule has 118 valence electrons. The summed E-state index contributed by atoms with van der Waals surface area (Å²) in [5, 5.41) is 8.87. The first kappa shape index (κ1) is 15.0. The Hall–Kier alpha value is -1.95. The highest BCUT2D eigenvalue weighted by Crippen LogP contribution is 2.49. The molecule has 1 N–H and O–H groups in total. The summed E-state index contributed by atoms with van der Waals surface area (Å²) in [6.45, 7) is 1.36. The lowest BCUT2D eigenvalue weighted by molar-refractivity contribution is -0.142. The van der Waals surface area contributed by atoms with E-state index in [9.17, 15) is 14.0 Å². The molecule has 1 heterocycles. The molecule has 1 saturated carbocycles. The van der Waals surface area contributed by atoms with Gasteiger partial charge in [0.15, 0.2) is 0 Å². The molecule has 3 rings (SSSR count). The lowest BCUT2D eigenvalue weighted by Crippen LogP contribution is -2.53. The lowest BCUT2D eigenvalue weighted by atomic mass is 9.94. The van der Waals surface area contributed by atoms with Gasteiger partial charge in [-0.2, -0.15) is 0 Å². The monoisotopic (exact) mass is 306 g/mol. The molecule has 0 bridgehead atoms. The molecule has 5 nitrogen and oxygen atoms in total. The van der Waals surface area contributed by atoms with Gasteiger partial charge in [0, 0.05) is 26.2 Å². The van der Waals surface area contributed by atoms with E-state index >= 15 is 0 Å². The molecule has 1 aromatic rings. The average Bonchev–Trinajstić information content (AvgIpc) is 3.36. The van der Waals surface area contributed by atoms with Crippen molar-refractivity contribution in [1.82, 2.24) is 9.80 Å². The summed E-state index contributed by atoms with van der Waals surface area (Å²) in [5.41, 5.74) is 0.365. The first-order chi connectivity index (χ1) is 10.6. The topological polar surface area (TPSA) is 60.9 Å². The van der Waals surface area contributed by atoms with Crippen molar-refractivity contribution in [2.45, 2.75) is 18.3 Å². The second-order valence-electron chi connectivity index (χ2n) is 5.92. The maximum atomic E-state index is 13.1. The summed E-state index contributed by atoms with van der Waals surface area (Å²) in [7, 11) is 0. The van der Waals surface area contributed by atoms with E-state index < -0.39 is 12.0 Å². The number of rotatable bonds is 3. The summed E-state index contributed by atoms with van der Waals surface area (Å²) in [5.74, 6) is -0.537. The van der Waals surface area contributed by atoms with Crippen molar-refractivity contribution < 1.29 is 19.1 Å². The Morgan fingerprint density at radius 3 is 2.09 bits per heavy atom. The van der Waals surface area contributed by atoms with E-state index in [4.69, 9.17) is 5.11 Å². The van der Waals surface area contributed by atoms with Gasteiger partial charge in [-0.15, -0.1) is 0 Å². The quantitative estimate of drug-likeness (QED) is 0.886. The number of carbonyl (C=O) groups is 2. The van der Waals surface area contributed by atoms with Crippen LogP contribution >= 0.6 is 0 Å². The molecule has 2 amide bonds. The van der Waals surface area contributed by atoms with E-state index in [1.165, 1.54) is 12.1 Å². The number of hydrogen-bond acceptors (Lipinski definition) is 3. The van der Waals surface area contributed by atoms with E-state index in [2.05, 4.69) is 0 Å². The van der Waals surface area contributed by atoms with Crippen LogP contribution in [0, 0.1) is 5.82 Å². The van der Waals surface area contributed by atoms with E-state index in [1.54, 1.807) is 21.9 Å². The number of benzene rings is 1. The van der Waals surface area contributed by atoms with Crippen molar-refractivity contribution >= 4 is 11.8 Å². The van der Waals surface area contributed by atoms with E-state index in [0.717, 1.165) is 18.4 Å². The molecule has 1 aliphatic carbocycles. The van der Waals surface area contributed by atoms with Gasteiger partial charge in [-0.1, -0.05) is 12.1 Å². The Balaban J connectivity index is 1.67. The number of halogens is 1. The average molecular weight is 306 g/mol. The number of carbonyl (C=O) groups excluding carboxylic acids is 2. The van der Waals surface area contributed by atoms with E-state index in [0.29, 0.717) is 26.2 Å². The van der Waals surface area contributed by atoms with Crippen LogP contribution in [0.2, 0.25) is 0 Å². The van der Waals surface area contributed by atoms with Crippen LogP contribution in [-0.2, 0) is 15.0 Å². The predicted molar refractivity (Wildman–Crippen MR) is 77.6 cm³/mol. The van der Waals surface area contributed by atoms with Gasteiger partial charge in [-0.3, -0.25) is 9.59 Å². The molecule has 0 aromatic heterocycles. The van der Waals surface area contributed by atoms with Crippen molar-refractivity contribution in [3.63, 3.8) is 0 Å². The fraction of sp³-hybridized carbons (Fsp3) is 0.500. The third kappa shape index (κ3) is 2.59. The van der Waals surface area contributed by atoms with Gasteiger partial charge < -0.3 is 14.9 Å². The smallest absolute Gasteiger partial charge is 0.248 e. The molecular weight excluding hydrogens is 287 g/mol. The molecule has 0 unspecified atom stereocenters. The minimum Gasteiger partial charge on any atom is -0.387 e. The molecule has 2 fully saturated rings. The molecular formula is C16H19FN2O3. The zero-order valence-corrected chi connectivity index (χ0v) is 12.3.